The Balaban J connectivity index is 1.18. The second-order valence-electron chi connectivity index (χ2n) is 14.1. The van der Waals surface area contributed by atoms with E-state index in [2.05, 4.69) is 63.2 Å². The maximum Gasteiger partial charge on any atom is 0.319 e. The first kappa shape index (κ1) is 28.9. The van der Waals surface area contributed by atoms with E-state index in [0.29, 0.717) is 29.5 Å². The first-order valence-corrected chi connectivity index (χ1v) is 16.2. The molecule has 1 amide bonds. The Morgan fingerprint density at radius 2 is 1.67 bits per heavy atom. The van der Waals surface area contributed by atoms with Crippen molar-refractivity contribution >= 4 is 28.3 Å². The van der Waals surface area contributed by atoms with Crippen molar-refractivity contribution < 1.29 is 28.5 Å². The van der Waals surface area contributed by atoms with Gasteiger partial charge in [0.2, 0.25) is 12.7 Å². The van der Waals surface area contributed by atoms with Gasteiger partial charge in [0.1, 0.15) is 17.8 Å². The largest absolute Gasteiger partial charge is 0.497 e. The van der Waals surface area contributed by atoms with Crippen LogP contribution < -0.4 is 19.1 Å². The predicted octanol–water partition coefficient (Wildman–Crippen LogP) is 7.48. The summed E-state index contributed by atoms with van der Waals surface area (Å²) in [7, 11) is 1.61. The number of benzene rings is 4. The third-order valence-electron chi connectivity index (χ3n) is 12.0. The van der Waals surface area contributed by atoms with E-state index in [1.165, 1.54) is 16.3 Å². The third-order valence-corrected chi connectivity index (χ3v) is 12.0. The summed E-state index contributed by atoms with van der Waals surface area (Å²) in [6.45, 7) is 7.53. The number of ether oxygens (including phenoxy) is 4. The van der Waals surface area contributed by atoms with Crippen LogP contribution in [0, 0.1) is 22.7 Å². The van der Waals surface area contributed by atoms with Gasteiger partial charge in [-0.3, -0.25) is 9.59 Å². The van der Waals surface area contributed by atoms with Crippen LogP contribution in [0.4, 0.5) is 5.69 Å². The highest BCUT2D eigenvalue weighted by Gasteiger charge is 2.68. The van der Waals surface area contributed by atoms with E-state index in [4.69, 9.17) is 18.9 Å². The Bertz CT molecular complexity index is 1840. The van der Waals surface area contributed by atoms with Gasteiger partial charge in [0.15, 0.2) is 11.5 Å². The summed E-state index contributed by atoms with van der Waals surface area (Å²) in [5.74, 6) is 0.0523. The van der Waals surface area contributed by atoms with E-state index in [9.17, 15) is 9.59 Å². The first-order valence-electron chi connectivity index (χ1n) is 16.2. The lowest BCUT2D eigenvalue weighted by Crippen LogP contribution is -2.39. The zero-order valence-electron chi connectivity index (χ0n) is 26.7. The van der Waals surface area contributed by atoms with Gasteiger partial charge in [-0.2, -0.15) is 0 Å². The van der Waals surface area contributed by atoms with Crippen molar-refractivity contribution in [2.45, 2.75) is 51.6 Å². The van der Waals surface area contributed by atoms with Crippen LogP contribution in [-0.2, 0) is 14.3 Å². The summed E-state index contributed by atoms with van der Waals surface area (Å²) in [6.07, 6.45) is 1.72. The molecule has 8 rings (SSSR count). The van der Waals surface area contributed by atoms with Crippen molar-refractivity contribution in [3.63, 3.8) is 0 Å². The summed E-state index contributed by atoms with van der Waals surface area (Å²) in [6, 6.07) is 28.0. The maximum absolute atomic E-state index is 14.6. The van der Waals surface area contributed by atoms with Crippen LogP contribution in [0.15, 0.2) is 84.9 Å². The molecule has 236 valence electrons. The normalized spacial score (nSPS) is 29.0. The first-order chi connectivity index (χ1) is 22.2. The van der Waals surface area contributed by atoms with E-state index in [0.717, 1.165) is 18.4 Å². The van der Waals surface area contributed by atoms with Gasteiger partial charge in [-0.25, -0.2) is 0 Å². The minimum atomic E-state index is -0.995. The van der Waals surface area contributed by atoms with E-state index >= 15 is 0 Å². The fourth-order valence-corrected chi connectivity index (χ4v) is 9.12. The van der Waals surface area contributed by atoms with Crippen LogP contribution in [0.1, 0.15) is 56.6 Å². The van der Waals surface area contributed by atoms with Gasteiger partial charge in [-0.05, 0) is 82.0 Å². The molecule has 0 radical (unpaired) electrons. The molecular weight excluding hydrogens is 578 g/mol. The molecule has 0 N–H and O–H groups in total. The van der Waals surface area contributed by atoms with Crippen molar-refractivity contribution in [2.75, 3.05) is 25.3 Å². The Morgan fingerprint density at radius 1 is 0.913 bits per heavy atom. The van der Waals surface area contributed by atoms with Crippen LogP contribution >= 0.6 is 0 Å². The van der Waals surface area contributed by atoms with Crippen LogP contribution in [0.3, 0.4) is 0 Å². The average Bonchev–Trinajstić information content (AvgIpc) is 3.77. The number of hydrogen-bond acceptors (Lipinski definition) is 6. The number of nitrogens with zero attached hydrogens (tertiary/aromatic N) is 1. The molecule has 4 aromatic carbocycles. The van der Waals surface area contributed by atoms with Crippen LogP contribution in [-0.4, -0.2) is 38.4 Å². The quantitative estimate of drug-likeness (QED) is 0.165. The summed E-state index contributed by atoms with van der Waals surface area (Å²) in [5, 5.41) is 2.37. The number of esters is 1. The standard InChI is InChI=1S/C39H39NO6/c1-38(2)30-18-19-39(38,3)34(28-11-7-9-23-8-5-6-10-27(23)28)35(30)46-37(42)33-29(24-12-17-31-32(20-24)45-22-44-31)21-40(36(33)41)25-13-15-26(43-4)16-14-25/h5-17,20,29-30,33-35H,18-19,21-22H2,1-4H3/t29?,30-,33?,34-,35-,39+/m1/s1. The molecule has 2 aliphatic heterocycles. The van der Waals surface area contributed by atoms with Crippen LogP contribution in [0.5, 0.6) is 17.2 Å². The molecule has 2 heterocycles. The highest BCUT2D eigenvalue weighted by Crippen LogP contribution is 2.72. The number of carbonyl (C=O) groups excluding carboxylic acids is 2. The Hall–Kier alpha value is -4.52. The average molecular weight is 618 g/mol. The highest BCUT2D eigenvalue weighted by molar-refractivity contribution is 6.09. The Labute approximate surface area is 269 Å². The Morgan fingerprint density at radius 3 is 2.48 bits per heavy atom. The molecular formula is C39H39NO6. The topological polar surface area (TPSA) is 74.3 Å². The zero-order chi connectivity index (χ0) is 31.8. The molecule has 4 aliphatic rings. The van der Waals surface area contributed by atoms with E-state index in [-0.39, 0.29) is 41.5 Å². The molecule has 7 nitrogen and oxygen atoms in total. The van der Waals surface area contributed by atoms with Crippen LogP contribution in [0.2, 0.25) is 0 Å². The maximum atomic E-state index is 14.6. The monoisotopic (exact) mass is 617 g/mol. The summed E-state index contributed by atoms with van der Waals surface area (Å²) in [5.41, 5.74) is 2.66. The van der Waals surface area contributed by atoms with Gasteiger partial charge in [-0.15, -0.1) is 0 Å². The highest BCUT2D eigenvalue weighted by atomic mass is 16.7. The van der Waals surface area contributed by atoms with Crippen molar-refractivity contribution in [1.29, 1.82) is 0 Å². The molecule has 0 spiro atoms. The molecule has 0 aromatic heterocycles. The number of carbonyl (C=O) groups is 2. The van der Waals surface area contributed by atoms with Crippen molar-refractivity contribution in [2.24, 2.45) is 22.7 Å². The van der Waals surface area contributed by atoms with Crippen molar-refractivity contribution in [3.8, 4) is 17.2 Å². The lowest BCUT2D eigenvalue weighted by atomic mass is 9.64. The molecule has 2 aliphatic carbocycles. The number of fused-ring (bicyclic) bond motifs is 4. The van der Waals surface area contributed by atoms with Gasteiger partial charge in [-0.1, -0.05) is 69.3 Å². The summed E-state index contributed by atoms with van der Waals surface area (Å²) >= 11 is 0. The third kappa shape index (κ3) is 4.16. The van der Waals surface area contributed by atoms with Crippen molar-refractivity contribution in [1.82, 2.24) is 0 Å². The lowest BCUT2D eigenvalue weighted by molar-refractivity contribution is -0.160. The number of hydrogen-bond donors (Lipinski definition) is 0. The minimum Gasteiger partial charge on any atom is -0.497 e. The second kappa shape index (κ2) is 10.5. The molecule has 3 fully saturated rings. The van der Waals surface area contributed by atoms with Crippen LogP contribution in [0.25, 0.3) is 10.8 Å². The minimum absolute atomic E-state index is 0.00879. The zero-order valence-corrected chi connectivity index (χ0v) is 26.7. The fourth-order valence-electron chi connectivity index (χ4n) is 9.12. The smallest absolute Gasteiger partial charge is 0.319 e. The van der Waals surface area contributed by atoms with Gasteiger partial charge in [0, 0.05) is 30.0 Å². The number of anilines is 1. The molecule has 1 saturated heterocycles. The second-order valence-corrected chi connectivity index (χ2v) is 14.1. The molecule has 46 heavy (non-hydrogen) atoms. The molecule has 4 aromatic rings. The molecule has 2 bridgehead atoms. The summed E-state index contributed by atoms with van der Waals surface area (Å²) < 4.78 is 23.3. The van der Waals surface area contributed by atoms with Gasteiger partial charge >= 0.3 is 5.97 Å². The van der Waals surface area contributed by atoms with Gasteiger partial charge in [0.25, 0.3) is 0 Å². The fraction of sp³-hybridized carbons (Fsp3) is 0.385. The number of amides is 1. The van der Waals surface area contributed by atoms with E-state index in [1.54, 1.807) is 12.0 Å². The SMILES string of the molecule is COc1ccc(N2CC(c3ccc4c(c3)OCO4)C(C(=O)O[C@@H]3[C@H]4CC[C@@](C)([C@@H]3c3cccc5ccccc35)C4(C)C)C2=O)cc1. The molecule has 2 saturated carbocycles. The predicted molar refractivity (Wildman–Crippen MR) is 175 cm³/mol. The Kier molecular flexibility index (Phi) is 6.61. The number of rotatable bonds is 6. The van der Waals surface area contributed by atoms with Gasteiger partial charge in [0.05, 0.1) is 7.11 Å². The molecule has 2 unspecified atom stereocenters. The molecule has 6 atom stereocenters. The van der Waals surface area contributed by atoms with Gasteiger partial charge < -0.3 is 23.8 Å². The van der Waals surface area contributed by atoms with E-state index in [1.807, 2.05) is 42.5 Å². The molecule has 7 heteroatoms. The number of methoxy groups -OCH3 is 1. The van der Waals surface area contributed by atoms with E-state index < -0.39 is 17.8 Å². The lowest BCUT2D eigenvalue weighted by Gasteiger charge is -2.40. The van der Waals surface area contributed by atoms with Crippen molar-refractivity contribution in [3.05, 3.63) is 96.1 Å². The summed E-state index contributed by atoms with van der Waals surface area (Å²) in [4.78, 5) is 30.6.